The molecule has 0 unspecified atom stereocenters. The molecule has 0 amide bonds. The first-order chi connectivity index (χ1) is 12.6. The molecule has 26 heavy (non-hydrogen) atoms. The maximum atomic E-state index is 13.2. The van der Waals surface area contributed by atoms with Crippen LogP contribution in [0.15, 0.2) is 28.6 Å². The summed E-state index contributed by atoms with van der Waals surface area (Å²) in [5, 5.41) is 6.69. The van der Waals surface area contributed by atoms with Crippen molar-refractivity contribution in [3.63, 3.8) is 0 Å². The van der Waals surface area contributed by atoms with E-state index in [4.69, 9.17) is 5.10 Å². The van der Waals surface area contributed by atoms with Crippen LogP contribution in [0.3, 0.4) is 0 Å². The molecule has 1 N–H and O–H groups in total. The fourth-order valence-corrected chi connectivity index (χ4v) is 6.43. The van der Waals surface area contributed by atoms with E-state index in [2.05, 4.69) is 4.72 Å². The number of aromatic nitrogens is 2. The van der Waals surface area contributed by atoms with Crippen LogP contribution in [0.2, 0.25) is 0 Å². The topological polar surface area (TPSA) is 64.0 Å². The van der Waals surface area contributed by atoms with Crippen molar-refractivity contribution in [3.05, 3.63) is 23.7 Å². The minimum Gasteiger partial charge on any atom is -0.268 e. The predicted molar refractivity (Wildman–Crippen MR) is 105 cm³/mol. The fourth-order valence-electron chi connectivity index (χ4n) is 4.19. The molecule has 2 saturated carbocycles. The fraction of sp³-hybridized carbons (Fsp3) is 0.632. The van der Waals surface area contributed by atoms with Crippen LogP contribution in [0.4, 0.5) is 0 Å². The molecule has 7 heteroatoms. The van der Waals surface area contributed by atoms with Gasteiger partial charge >= 0.3 is 0 Å². The molecule has 0 atom stereocenters. The highest BCUT2D eigenvalue weighted by Gasteiger charge is 2.29. The Morgan fingerprint density at radius 2 is 1.73 bits per heavy atom. The molecule has 5 nitrogen and oxygen atoms in total. The molecule has 2 heterocycles. The first kappa shape index (κ1) is 18.2. The van der Waals surface area contributed by atoms with Gasteiger partial charge in [-0.3, -0.25) is 4.68 Å². The highest BCUT2D eigenvalue weighted by molar-refractivity contribution is 7.89. The van der Waals surface area contributed by atoms with Crippen LogP contribution in [-0.4, -0.2) is 24.2 Å². The van der Waals surface area contributed by atoms with Gasteiger partial charge in [-0.15, -0.1) is 11.3 Å². The first-order valence-electron chi connectivity index (χ1n) is 9.79. The summed E-state index contributed by atoms with van der Waals surface area (Å²) in [5.41, 5.74) is 0.605. The lowest BCUT2D eigenvalue weighted by atomic mass is 10.1. The van der Waals surface area contributed by atoms with Gasteiger partial charge in [0.2, 0.25) is 10.0 Å². The van der Waals surface area contributed by atoms with Crippen LogP contribution in [0, 0.1) is 0 Å². The summed E-state index contributed by atoms with van der Waals surface area (Å²) in [6.45, 7) is 0. The highest BCUT2D eigenvalue weighted by atomic mass is 32.2. The van der Waals surface area contributed by atoms with Crippen molar-refractivity contribution in [1.82, 2.24) is 14.5 Å². The third kappa shape index (κ3) is 3.89. The standard InChI is InChI=1S/C19H27N3O2S2/c23-26(24,21-15-8-3-1-2-4-9-15)18-14-22(16-10-5-6-11-16)20-19(18)17-12-7-13-25-17/h7,12-16,21H,1-6,8-11H2. The predicted octanol–water partition coefficient (Wildman–Crippen LogP) is 4.73. The maximum Gasteiger partial charge on any atom is 0.244 e. The van der Waals surface area contributed by atoms with E-state index >= 15 is 0 Å². The van der Waals surface area contributed by atoms with E-state index in [-0.39, 0.29) is 6.04 Å². The third-order valence-electron chi connectivity index (χ3n) is 5.62. The zero-order valence-electron chi connectivity index (χ0n) is 15.1. The monoisotopic (exact) mass is 393 g/mol. The normalized spacial score (nSPS) is 20.5. The zero-order valence-corrected chi connectivity index (χ0v) is 16.7. The molecular formula is C19H27N3O2S2. The van der Waals surface area contributed by atoms with Gasteiger partial charge in [-0.25, -0.2) is 13.1 Å². The molecule has 2 aliphatic carbocycles. The molecule has 0 spiro atoms. The number of rotatable bonds is 5. The second kappa shape index (κ2) is 7.82. The summed E-state index contributed by atoms with van der Waals surface area (Å²) in [6.07, 6.45) is 12.8. The molecular weight excluding hydrogens is 366 g/mol. The Balaban J connectivity index is 1.66. The van der Waals surface area contributed by atoms with E-state index in [1.807, 2.05) is 22.2 Å². The maximum absolute atomic E-state index is 13.2. The van der Waals surface area contributed by atoms with Crippen LogP contribution in [0.1, 0.15) is 70.3 Å². The Morgan fingerprint density at radius 1 is 1.04 bits per heavy atom. The molecule has 0 bridgehead atoms. The summed E-state index contributed by atoms with van der Waals surface area (Å²) in [6, 6.07) is 4.28. The third-order valence-corrected chi connectivity index (χ3v) is 8.02. The van der Waals surface area contributed by atoms with Gasteiger partial charge in [0.15, 0.2) is 0 Å². The van der Waals surface area contributed by atoms with E-state index < -0.39 is 10.0 Å². The molecule has 142 valence electrons. The van der Waals surface area contributed by atoms with E-state index in [1.54, 1.807) is 17.5 Å². The van der Waals surface area contributed by atoms with Crippen molar-refractivity contribution in [2.75, 3.05) is 0 Å². The molecule has 2 aromatic rings. The minimum absolute atomic E-state index is 0.0496. The van der Waals surface area contributed by atoms with E-state index in [0.29, 0.717) is 16.6 Å². The average Bonchev–Trinajstić information content (AvgIpc) is 3.34. The molecule has 2 fully saturated rings. The zero-order chi connectivity index (χ0) is 18.0. The minimum atomic E-state index is -3.57. The molecule has 2 aliphatic rings. The van der Waals surface area contributed by atoms with Crippen molar-refractivity contribution in [3.8, 4) is 10.6 Å². The molecule has 0 radical (unpaired) electrons. The van der Waals surface area contributed by atoms with Crippen LogP contribution >= 0.6 is 11.3 Å². The van der Waals surface area contributed by atoms with Crippen molar-refractivity contribution < 1.29 is 8.42 Å². The Labute approximate surface area is 159 Å². The van der Waals surface area contributed by atoms with Gasteiger partial charge in [0.05, 0.1) is 10.9 Å². The van der Waals surface area contributed by atoms with Crippen LogP contribution < -0.4 is 4.72 Å². The summed E-state index contributed by atoms with van der Waals surface area (Å²) >= 11 is 1.54. The first-order valence-corrected chi connectivity index (χ1v) is 12.1. The van der Waals surface area contributed by atoms with E-state index in [0.717, 1.165) is 43.4 Å². The largest absolute Gasteiger partial charge is 0.268 e. The summed E-state index contributed by atoms with van der Waals surface area (Å²) < 4.78 is 31.3. The lowest BCUT2D eigenvalue weighted by Crippen LogP contribution is -2.34. The van der Waals surface area contributed by atoms with Gasteiger partial charge in [0.25, 0.3) is 0 Å². The molecule has 0 aromatic carbocycles. The van der Waals surface area contributed by atoms with Gasteiger partial charge in [-0.1, -0.05) is 44.6 Å². The molecule has 4 rings (SSSR count). The van der Waals surface area contributed by atoms with E-state index in [9.17, 15) is 8.42 Å². The molecule has 0 aliphatic heterocycles. The summed E-state index contributed by atoms with van der Waals surface area (Å²) in [4.78, 5) is 1.26. The second-order valence-electron chi connectivity index (χ2n) is 7.55. The lowest BCUT2D eigenvalue weighted by Gasteiger charge is -2.16. The van der Waals surface area contributed by atoms with Crippen molar-refractivity contribution in [2.45, 2.75) is 81.2 Å². The van der Waals surface area contributed by atoms with Crippen LogP contribution in [0.5, 0.6) is 0 Å². The number of hydrogen-bond acceptors (Lipinski definition) is 4. The summed E-state index contributed by atoms with van der Waals surface area (Å²) in [5.74, 6) is 0. The lowest BCUT2D eigenvalue weighted by molar-refractivity contribution is 0.466. The van der Waals surface area contributed by atoms with Gasteiger partial charge < -0.3 is 0 Å². The Kier molecular flexibility index (Phi) is 5.47. The van der Waals surface area contributed by atoms with Gasteiger partial charge in [0.1, 0.15) is 10.6 Å². The Hall–Kier alpha value is -1.18. The van der Waals surface area contributed by atoms with Gasteiger partial charge in [-0.2, -0.15) is 5.10 Å². The van der Waals surface area contributed by atoms with Crippen molar-refractivity contribution in [1.29, 1.82) is 0 Å². The number of nitrogens with zero attached hydrogens (tertiary/aromatic N) is 2. The quantitative estimate of drug-likeness (QED) is 0.747. The highest BCUT2D eigenvalue weighted by Crippen LogP contribution is 2.35. The number of hydrogen-bond donors (Lipinski definition) is 1. The Morgan fingerprint density at radius 3 is 2.38 bits per heavy atom. The van der Waals surface area contributed by atoms with Crippen molar-refractivity contribution in [2.24, 2.45) is 0 Å². The molecule has 0 saturated heterocycles. The van der Waals surface area contributed by atoms with Crippen LogP contribution in [0.25, 0.3) is 10.6 Å². The number of thiophene rings is 1. The van der Waals surface area contributed by atoms with E-state index in [1.165, 1.54) is 25.7 Å². The molecule has 2 aromatic heterocycles. The van der Waals surface area contributed by atoms with Gasteiger partial charge in [0, 0.05) is 12.2 Å². The van der Waals surface area contributed by atoms with Gasteiger partial charge in [-0.05, 0) is 37.1 Å². The smallest absolute Gasteiger partial charge is 0.244 e. The number of sulfonamides is 1. The SMILES string of the molecule is O=S(=O)(NC1CCCCCC1)c1cn(C2CCCC2)nc1-c1cccs1. The second-order valence-corrected chi connectivity index (χ2v) is 10.2. The average molecular weight is 394 g/mol. The Bertz CT molecular complexity index is 813. The van der Waals surface area contributed by atoms with Crippen LogP contribution in [-0.2, 0) is 10.0 Å². The summed E-state index contributed by atoms with van der Waals surface area (Å²) in [7, 11) is -3.57. The number of nitrogens with one attached hydrogen (secondary N) is 1. The van der Waals surface area contributed by atoms with Crippen molar-refractivity contribution >= 4 is 21.4 Å².